The molecule has 6 heteroatoms. The van der Waals surface area contributed by atoms with Crippen molar-refractivity contribution in [2.24, 2.45) is 0 Å². The molecule has 0 bridgehead atoms. The molecule has 2 heterocycles. The predicted molar refractivity (Wildman–Crippen MR) is 355 cm³/mol. The molecule has 1 unspecified atom stereocenters. The zero-order valence-electron chi connectivity index (χ0n) is 50.3. The standard InChI is InChI=1S/C76H75N3OSi2/c1-48-19-42-65-63(43-48)64-44-49(2)47-77-73(64)76(65)66-45-58(78(55-30-24-52(25-31-55)74(3,4)5)54-28-20-50(21-29-54)51-22-37-59(38-23-51)81(9,10)11)36-41-61(66)70-67(76)46-68(71-62-17-15-16-18-69(62)80-72(70)71)79(56-32-26-53(27-33-56)75(6,7)8)57-34-39-60(40-35-57)82(12,13)14/h15-47H,1-14H3. The van der Waals surface area contributed by atoms with E-state index in [1.54, 1.807) is 0 Å². The van der Waals surface area contributed by atoms with Crippen molar-refractivity contribution in [2.75, 3.05) is 9.80 Å². The molecule has 11 aromatic rings. The highest BCUT2D eigenvalue weighted by atomic mass is 28.3. The molecule has 82 heavy (non-hydrogen) atoms. The van der Waals surface area contributed by atoms with E-state index >= 15 is 0 Å². The van der Waals surface area contributed by atoms with E-state index in [-0.39, 0.29) is 10.8 Å². The second-order valence-electron chi connectivity index (χ2n) is 27.5. The number of aromatic nitrogens is 1. The van der Waals surface area contributed by atoms with E-state index in [1.165, 1.54) is 66.0 Å². The Morgan fingerprint density at radius 3 is 1.51 bits per heavy atom. The first-order valence-corrected chi connectivity index (χ1v) is 36.3. The van der Waals surface area contributed by atoms with E-state index in [4.69, 9.17) is 9.40 Å². The summed E-state index contributed by atoms with van der Waals surface area (Å²) in [5, 5.41) is 5.07. The molecule has 2 aromatic heterocycles. The molecule has 0 aliphatic heterocycles. The fourth-order valence-corrected chi connectivity index (χ4v) is 15.4. The van der Waals surface area contributed by atoms with Crippen molar-refractivity contribution in [1.82, 2.24) is 4.98 Å². The molecular formula is C76H75N3OSi2. The van der Waals surface area contributed by atoms with Gasteiger partial charge in [0.05, 0.1) is 38.3 Å². The van der Waals surface area contributed by atoms with Gasteiger partial charge in [0.15, 0.2) is 0 Å². The van der Waals surface area contributed by atoms with E-state index in [0.717, 1.165) is 78.4 Å². The Labute approximate surface area is 488 Å². The predicted octanol–water partition coefficient (Wildman–Crippen LogP) is 20.2. The van der Waals surface area contributed by atoms with Crippen LogP contribution >= 0.6 is 0 Å². The summed E-state index contributed by atoms with van der Waals surface area (Å²) in [5.41, 5.74) is 24.1. The number of pyridine rings is 1. The van der Waals surface area contributed by atoms with Gasteiger partial charge >= 0.3 is 0 Å². The summed E-state index contributed by atoms with van der Waals surface area (Å²) in [6.45, 7) is 32.6. The summed E-state index contributed by atoms with van der Waals surface area (Å²) in [5.74, 6) is 0. The third-order valence-corrected chi connectivity index (χ3v) is 21.8. The molecule has 0 saturated carbocycles. The monoisotopic (exact) mass is 1100 g/mol. The third kappa shape index (κ3) is 8.71. The quantitative estimate of drug-likeness (QED) is 0.135. The number of nitrogens with zero attached hydrogens (tertiary/aromatic N) is 3. The van der Waals surface area contributed by atoms with Gasteiger partial charge in [-0.2, -0.15) is 0 Å². The van der Waals surface area contributed by atoms with Crippen molar-refractivity contribution in [2.45, 2.75) is 111 Å². The summed E-state index contributed by atoms with van der Waals surface area (Å²) in [6.07, 6.45) is 2.08. The van der Waals surface area contributed by atoms with Gasteiger partial charge in [-0.1, -0.05) is 212 Å². The molecule has 13 rings (SSSR count). The smallest absolute Gasteiger partial charge is 0.145 e. The Hall–Kier alpha value is -8.04. The molecule has 0 saturated heterocycles. The van der Waals surface area contributed by atoms with Crippen molar-refractivity contribution in [3.05, 3.63) is 245 Å². The van der Waals surface area contributed by atoms with Crippen LogP contribution in [0.25, 0.3) is 55.3 Å². The molecule has 2 aliphatic rings. The van der Waals surface area contributed by atoms with Crippen molar-refractivity contribution in [3.63, 3.8) is 0 Å². The number of fused-ring (bicyclic) bond motifs is 14. The largest absolute Gasteiger partial charge is 0.455 e. The Kier molecular flexibility index (Phi) is 12.4. The van der Waals surface area contributed by atoms with Gasteiger partial charge in [-0.15, -0.1) is 0 Å². The molecule has 0 radical (unpaired) electrons. The van der Waals surface area contributed by atoms with E-state index < -0.39 is 21.6 Å². The first-order chi connectivity index (χ1) is 39.0. The van der Waals surface area contributed by atoms with E-state index in [9.17, 15) is 0 Å². The highest BCUT2D eigenvalue weighted by Crippen LogP contribution is 2.66. The normalized spacial score (nSPS) is 14.8. The molecule has 2 aliphatic carbocycles. The number of anilines is 6. The number of para-hydroxylation sites is 1. The Balaban J connectivity index is 1.10. The maximum absolute atomic E-state index is 7.43. The lowest BCUT2D eigenvalue weighted by Crippen LogP contribution is -2.37. The zero-order valence-corrected chi connectivity index (χ0v) is 52.3. The van der Waals surface area contributed by atoms with Crippen LogP contribution in [0, 0.1) is 13.8 Å². The topological polar surface area (TPSA) is 32.5 Å². The second-order valence-corrected chi connectivity index (χ2v) is 37.6. The Morgan fingerprint density at radius 1 is 0.439 bits per heavy atom. The Morgan fingerprint density at radius 2 is 0.939 bits per heavy atom. The van der Waals surface area contributed by atoms with Crippen LogP contribution in [-0.4, -0.2) is 21.1 Å². The zero-order chi connectivity index (χ0) is 57.4. The van der Waals surface area contributed by atoms with Gasteiger partial charge in [0.25, 0.3) is 0 Å². The third-order valence-electron chi connectivity index (χ3n) is 17.6. The van der Waals surface area contributed by atoms with Gasteiger partial charge in [-0.3, -0.25) is 4.98 Å². The molecule has 1 spiro atoms. The van der Waals surface area contributed by atoms with Crippen LogP contribution in [0.5, 0.6) is 0 Å². The van der Waals surface area contributed by atoms with Gasteiger partial charge in [-0.05, 0) is 159 Å². The van der Waals surface area contributed by atoms with Gasteiger partial charge in [-0.25, -0.2) is 0 Å². The van der Waals surface area contributed by atoms with Crippen LogP contribution in [-0.2, 0) is 16.2 Å². The number of aryl methyl sites for hydroxylation is 2. The minimum absolute atomic E-state index is 0.00153. The fraction of sp³-hybridized carbons (Fsp3) is 0.224. The Bertz CT molecular complexity index is 4190. The molecule has 1 atom stereocenters. The van der Waals surface area contributed by atoms with E-state index in [2.05, 4.69) is 305 Å². The number of hydrogen-bond acceptors (Lipinski definition) is 4. The van der Waals surface area contributed by atoms with Gasteiger partial charge in [0, 0.05) is 51.1 Å². The van der Waals surface area contributed by atoms with Gasteiger partial charge < -0.3 is 14.2 Å². The summed E-state index contributed by atoms with van der Waals surface area (Å²) >= 11 is 0. The average molecular weight is 1100 g/mol. The van der Waals surface area contributed by atoms with Crippen molar-refractivity contribution >= 4 is 82.6 Å². The molecular weight excluding hydrogens is 1030 g/mol. The number of rotatable bonds is 9. The van der Waals surface area contributed by atoms with E-state index in [1.807, 2.05) is 0 Å². The molecule has 0 amide bonds. The minimum Gasteiger partial charge on any atom is -0.455 e. The number of benzene rings is 9. The van der Waals surface area contributed by atoms with Crippen molar-refractivity contribution in [1.29, 1.82) is 0 Å². The lowest BCUT2D eigenvalue weighted by molar-refractivity contribution is 0.590. The first-order valence-electron chi connectivity index (χ1n) is 29.3. The van der Waals surface area contributed by atoms with Crippen molar-refractivity contribution in [3.8, 4) is 33.4 Å². The minimum atomic E-state index is -1.63. The molecule has 408 valence electrons. The van der Waals surface area contributed by atoms with Crippen LogP contribution in [0.4, 0.5) is 34.1 Å². The first kappa shape index (κ1) is 53.3. The highest BCUT2D eigenvalue weighted by Gasteiger charge is 2.55. The van der Waals surface area contributed by atoms with Crippen LogP contribution in [0.3, 0.4) is 0 Å². The molecule has 4 nitrogen and oxygen atoms in total. The summed E-state index contributed by atoms with van der Waals surface area (Å²) in [4.78, 5) is 10.6. The highest BCUT2D eigenvalue weighted by molar-refractivity contribution is 6.89. The fourth-order valence-electron chi connectivity index (χ4n) is 13.1. The lowest BCUT2D eigenvalue weighted by atomic mass is 9.72. The maximum atomic E-state index is 7.43. The second kappa shape index (κ2) is 19.0. The molecule has 9 aromatic carbocycles. The summed E-state index contributed by atoms with van der Waals surface area (Å²) in [6, 6.07) is 74.2. The van der Waals surface area contributed by atoms with Crippen LogP contribution in [0.15, 0.2) is 205 Å². The lowest BCUT2D eigenvalue weighted by Gasteiger charge is -2.33. The van der Waals surface area contributed by atoms with Gasteiger partial charge in [0.2, 0.25) is 0 Å². The number of hydrogen-bond donors (Lipinski definition) is 0. The van der Waals surface area contributed by atoms with Crippen LogP contribution in [0.1, 0.15) is 86.2 Å². The summed E-state index contributed by atoms with van der Waals surface area (Å²) in [7, 11) is -3.07. The maximum Gasteiger partial charge on any atom is 0.145 e. The summed E-state index contributed by atoms with van der Waals surface area (Å²) < 4.78 is 7.43. The average Bonchev–Trinajstić information content (AvgIpc) is 1.59. The van der Waals surface area contributed by atoms with Crippen LogP contribution < -0.4 is 20.2 Å². The SMILES string of the molecule is Cc1ccc2c(c1)-c1cc(C)cnc1C21c2cc(N(c3ccc(-c4ccc([Si](C)(C)C)cc4)cc3)c3ccc(C(C)(C)C)cc3)ccc2-c2c1cc(N(c1ccc(C(C)(C)C)cc1)c1ccc([Si](C)(C)C)cc1)c1c2oc2ccccc21. The number of furan rings is 1. The van der Waals surface area contributed by atoms with Gasteiger partial charge in [0.1, 0.15) is 11.2 Å². The molecule has 0 fully saturated rings. The molecule has 0 N–H and O–H groups in total. The van der Waals surface area contributed by atoms with Crippen LogP contribution in [0.2, 0.25) is 39.3 Å². The van der Waals surface area contributed by atoms with Crippen molar-refractivity contribution < 1.29 is 4.42 Å². The van der Waals surface area contributed by atoms with E-state index in [0.29, 0.717) is 0 Å².